The summed E-state index contributed by atoms with van der Waals surface area (Å²) in [5.41, 5.74) is 2.54. The molecule has 130 valence electrons. The summed E-state index contributed by atoms with van der Waals surface area (Å²) in [6.07, 6.45) is 9.18. The van der Waals surface area contributed by atoms with Crippen LogP contribution in [-0.4, -0.2) is 16.0 Å². The van der Waals surface area contributed by atoms with Gasteiger partial charge < -0.3 is 5.32 Å². The first-order valence-corrected chi connectivity index (χ1v) is 10.7. The predicted molar refractivity (Wildman–Crippen MR) is 110 cm³/mol. The van der Waals surface area contributed by atoms with Gasteiger partial charge in [-0.25, -0.2) is 9.97 Å². The Bertz CT molecular complexity index is 867. The highest BCUT2D eigenvalue weighted by atomic mass is 79.9. The Morgan fingerprint density at radius 1 is 1.12 bits per heavy atom. The molecule has 0 unspecified atom stereocenters. The van der Waals surface area contributed by atoms with Gasteiger partial charge in [-0.05, 0) is 37.0 Å². The van der Waals surface area contributed by atoms with Crippen LogP contribution in [0.15, 0.2) is 35.1 Å². The third-order valence-corrected chi connectivity index (χ3v) is 6.73. The van der Waals surface area contributed by atoms with Crippen molar-refractivity contribution < 1.29 is 0 Å². The summed E-state index contributed by atoms with van der Waals surface area (Å²) in [6.45, 7) is 2.22. The molecule has 0 atom stereocenters. The predicted octanol–water partition coefficient (Wildman–Crippen LogP) is 6.43. The summed E-state index contributed by atoms with van der Waals surface area (Å²) in [7, 11) is 0. The van der Waals surface area contributed by atoms with E-state index in [-0.39, 0.29) is 0 Å². The Hall–Kier alpha value is -1.46. The van der Waals surface area contributed by atoms with Crippen molar-refractivity contribution in [3.63, 3.8) is 0 Å². The lowest BCUT2D eigenvalue weighted by atomic mass is 9.95. The highest BCUT2D eigenvalue weighted by molar-refractivity contribution is 9.10. The third kappa shape index (κ3) is 3.44. The van der Waals surface area contributed by atoms with Crippen molar-refractivity contribution in [2.24, 2.45) is 0 Å². The van der Waals surface area contributed by atoms with Gasteiger partial charge in [-0.2, -0.15) is 0 Å². The van der Waals surface area contributed by atoms with Crippen molar-refractivity contribution in [3.05, 3.63) is 39.9 Å². The number of hydrogen-bond donors (Lipinski definition) is 1. The molecule has 0 spiro atoms. The van der Waals surface area contributed by atoms with Crippen LogP contribution in [0.25, 0.3) is 21.3 Å². The number of hydrogen-bond acceptors (Lipinski definition) is 4. The van der Waals surface area contributed by atoms with Gasteiger partial charge in [-0.3, -0.25) is 0 Å². The monoisotopic (exact) mass is 415 g/mol. The van der Waals surface area contributed by atoms with E-state index in [4.69, 9.17) is 0 Å². The summed E-state index contributed by atoms with van der Waals surface area (Å²) in [4.78, 5) is 11.7. The van der Waals surface area contributed by atoms with Gasteiger partial charge in [0.15, 0.2) is 0 Å². The molecule has 25 heavy (non-hydrogen) atoms. The zero-order valence-electron chi connectivity index (χ0n) is 14.4. The first-order chi connectivity index (χ1) is 12.3. The summed E-state index contributed by atoms with van der Waals surface area (Å²) in [5.74, 6) is 1.01. The maximum atomic E-state index is 4.63. The van der Waals surface area contributed by atoms with Crippen LogP contribution in [0.3, 0.4) is 0 Å². The summed E-state index contributed by atoms with van der Waals surface area (Å²) >= 11 is 5.34. The topological polar surface area (TPSA) is 37.8 Å². The number of nitrogens with zero attached hydrogens (tertiary/aromatic N) is 2. The van der Waals surface area contributed by atoms with Crippen molar-refractivity contribution in [3.8, 4) is 11.1 Å². The standard InChI is InChI=1S/C20H22BrN3S/c1-2-16-17(13-8-10-14(21)11-9-13)18-19(22-12-23-20(18)25-16)24-15-6-4-3-5-7-15/h8-12,15H,2-7H2,1H3,(H,22,23,24). The van der Waals surface area contributed by atoms with Crippen LogP contribution in [0, 0.1) is 0 Å². The van der Waals surface area contributed by atoms with Crippen molar-refractivity contribution in [1.29, 1.82) is 0 Å². The Kier molecular flexibility index (Phi) is 5.04. The van der Waals surface area contributed by atoms with Crippen LogP contribution in [-0.2, 0) is 6.42 Å². The molecule has 1 N–H and O–H groups in total. The summed E-state index contributed by atoms with van der Waals surface area (Å²) in [6, 6.07) is 9.12. The number of aryl methyl sites for hydroxylation is 1. The lowest BCUT2D eigenvalue weighted by molar-refractivity contribution is 0.462. The molecular weight excluding hydrogens is 394 g/mol. The second kappa shape index (κ2) is 7.42. The lowest BCUT2D eigenvalue weighted by Crippen LogP contribution is -2.23. The van der Waals surface area contributed by atoms with Gasteiger partial charge >= 0.3 is 0 Å². The summed E-state index contributed by atoms with van der Waals surface area (Å²) < 4.78 is 1.10. The first-order valence-electron chi connectivity index (χ1n) is 9.05. The highest BCUT2D eigenvalue weighted by Gasteiger charge is 2.20. The van der Waals surface area contributed by atoms with Gasteiger partial charge in [-0.1, -0.05) is 54.2 Å². The Labute approximate surface area is 161 Å². The van der Waals surface area contributed by atoms with Crippen LogP contribution < -0.4 is 5.32 Å². The SMILES string of the molecule is CCc1sc2ncnc(NC3CCCCC3)c2c1-c1ccc(Br)cc1. The van der Waals surface area contributed by atoms with Gasteiger partial charge in [0, 0.05) is 21.0 Å². The number of rotatable bonds is 4. The minimum absolute atomic E-state index is 0.537. The van der Waals surface area contributed by atoms with Crippen LogP contribution in [0.2, 0.25) is 0 Å². The fourth-order valence-corrected chi connectivity index (χ4v) is 5.06. The number of nitrogens with one attached hydrogen (secondary N) is 1. The summed E-state index contributed by atoms with van der Waals surface area (Å²) in [5, 5.41) is 4.92. The molecule has 0 saturated heterocycles. The average Bonchev–Trinajstić information content (AvgIpc) is 3.03. The molecule has 3 nitrogen and oxygen atoms in total. The number of halogens is 1. The molecule has 1 aliphatic rings. The number of anilines is 1. The fourth-order valence-electron chi connectivity index (χ4n) is 3.70. The molecule has 1 aromatic carbocycles. The van der Waals surface area contributed by atoms with Crippen LogP contribution >= 0.6 is 27.3 Å². The largest absolute Gasteiger partial charge is 0.367 e. The van der Waals surface area contributed by atoms with Crippen LogP contribution in [0.1, 0.15) is 43.9 Å². The molecule has 2 heterocycles. The van der Waals surface area contributed by atoms with Crippen LogP contribution in [0.5, 0.6) is 0 Å². The number of fused-ring (bicyclic) bond motifs is 1. The van der Waals surface area contributed by atoms with Gasteiger partial charge in [0.05, 0.1) is 5.39 Å². The van der Waals surface area contributed by atoms with Crippen molar-refractivity contribution in [2.75, 3.05) is 5.32 Å². The molecule has 1 aliphatic carbocycles. The quantitative estimate of drug-likeness (QED) is 0.533. The van der Waals surface area contributed by atoms with Crippen molar-refractivity contribution >= 4 is 43.3 Å². The van der Waals surface area contributed by atoms with E-state index < -0.39 is 0 Å². The van der Waals surface area contributed by atoms with E-state index in [1.54, 1.807) is 17.7 Å². The molecule has 1 fully saturated rings. The molecule has 4 rings (SSSR count). The van der Waals surface area contributed by atoms with Crippen LogP contribution in [0.4, 0.5) is 5.82 Å². The zero-order chi connectivity index (χ0) is 17.2. The molecular formula is C20H22BrN3S. The van der Waals surface area contributed by atoms with Gasteiger partial charge in [0.25, 0.3) is 0 Å². The number of aromatic nitrogens is 2. The molecule has 3 aromatic rings. The molecule has 1 saturated carbocycles. The molecule has 0 bridgehead atoms. The van der Waals surface area contributed by atoms with E-state index in [9.17, 15) is 0 Å². The molecule has 0 radical (unpaired) electrons. The second-order valence-corrected chi connectivity index (χ2v) is 8.64. The molecule has 2 aromatic heterocycles. The third-order valence-electron chi connectivity index (χ3n) is 4.96. The van der Waals surface area contributed by atoms with E-state index in [0.717, 1.165) is 21.5 Å². The van der Waals surface area contributed by atoms with E-state index in [1.165, 1.54) is 53.5 Å². The van der Waals surface area contributed by atoms with E-state index in [2.05, 4.69) is 62.4 Å². The molecule has 0 aliphatic heterocycles. The van der Waals surface area contributed by atoms with Crippen molar-refractivity contribution in [1.82, 2.24) is 9.97 Å². The number of thiophene rings is 1. The van der Waals surface area contributed by atoms with Gasteiger partial charge in [0.2, 0.25) is 0 Å². The maximum absolute atomic E-state index is 4.63. The smallest absolute Gasteiger partial charge is 0.139 e. The Balaban J connectivity index is 1.83. The van der Waals surface area contributed by atoms with Gasteiger partial charge in [-0.15, -0.1) is 11.3 Å². The Morgan fingerprint density at radius 3 is 2.60 bits per heavy atom. The first kappa shape index (κ1) is 17.0. The van der Waals surface area contributed by atoms with Crippen molar-refractivity contribution in [2.45, 2.75) is 51.5 Å². The van der Waals surface area contributed by atoms with E-state index in [0.29, 0.717) is 6.04 Å². The van der Waals surface area contributed by atoms with E-state index in [1.807, 2.05) is 0 Å². The minimum Gasteiger partial charge on any atom is -0.367 e. The number of benzene rings is 1. The average molecular weight is 416 g/mol. The maximum Gasteiger partial charge on any atom is 0.139 e. The minimum atomic E-state index is 0.537. The Morgan fingerprint density at radius 2 is 1.88 bits per heavy atom. The van der Waals surface area contributed by atoms with E-state index >= 15 is 0 Å². The molecule has 5 heteroatoms. The fraction of sp³-hybridized carbons (Fsp3) is 0.400. The zero-order valence-corrected chi connectivity index (χ0v) is 16.8. The second-order valence-electron chi connectivity index (χ2n) is 6.64. The van der Waals surface area contributed by atoms with Gasteiger partial charge in [0.1, 0.15) is 17.0 Å². The molecule has 0 amide bonds. The normalized spacial score (nSPS) is 15.6. The lowest BCUT2D eigenvalue weighted by Gasteiger charge is -2.23. The highest BCUT2D eigenvalue weighted by Crippen LogP contribution is 2.41.